The smallest absolute Gasteiger partial charge is 0.252 e. The fraction of sp³-hybridized carbons (Fsp3) is 0.0256. The van der Waals surface area contributed by atoms with Gasteiger partial charge in [0, 0.05) is 44.9 Å². The molecular weight excluding hydrogens is 507 g/mol. The molecule has 0 amide bonds. The van der Waals surface area contributed by atoms with E-state index in [1.165, 1.54) is 77.6 Å². The standard InChI is InChI=1S/C39H27BN2/c1-26-24-35-37-36(25-26)42(30-16-6-3-7-17-30)39-32-19-11-9-13-28(32)21-23-34(39)40(37)33-22-20-27-12-8-10-18-31(27)38(33)41(35)29-14-4-2-5-15-29/h2-25H,1H3. The summed E-state index contributed by atoms with van der Waals surface area (Å²) in [6.45, 7) is 2.34. The van der Waals surface area contributed by atoms with Crippen LogP contribution in [-0.4, -0.2) is 6.71 Å². The molecule has 0 aliphatic carbocycles. The Kier molecular flexibility index (Phi) is 4.94. The molecule has 0 fully saturated rings. The minimum atomic E-state index is 0.106. The molecule has 0 atom stereocenters. The third-order valence-corrected chi connectivity index (χ3v) is 9.01. The molecule has 0 N–H and O–H groups in total. The summed E-state index contributed by atoms with van der Waals surface area (Å²) in [5, 5.41) is 5.07. The summed E-state index contributed by atoms with van der Waals surface area (Å²) >= 11 is 0. The predicted molar refractivity (Wildman–Crippen MR) is 180 cm³/mol. The largest absolute Gasteiger partial charge is 0.311 e. The Morgan fingerprint density at radius 2 is 0.881 bits per heavy atom. The van der Waals surface area contributed by atoms with E-state index in [1.807, 2.05) is 0 Å². The van der Waals surface area contributed by atoms with Crippen LogP contribution >= 0.6 is 0 Å². The molecule has 196 valence electrons. The van der Waals surface area contributed by atoms with Crippen molar-refractivity contribution in [3.05, 3.63) is 151 Å². The van der Waals surface area contributed by atoms with Crippen molar-refractivity contribution >= 4 is 78.8 Å². The fourth-order valence-corrected chi connectivity index (χ4v) is 7.34. The van der Waals surface area contributed by atoms with Crippen LogP contribution in [0, 0.1) is 6.92 Å². The predicted octanol–water partition coefficient (Wildman–Crippen LogP) is 8.38. The van der Waals surface area contributed by atoms with Crippen LogP contribution in [0.15, 0.2) is 146 Å². The number of anilines is 6. The minimum absolute atomic E-state index is 0.106. The number of benzene rings is 7. The SMILES string of the molecule is Cc1cc2c3c(c1)N(c1ccccc1)c1c(ccc4ccccc14)B3c1ccc3ccccc3c1N2c1ccccc1. The highest BCUT2D eigenvalue weighted by Gasteiger charge is 2.44. The first-order valence-electron chi connectivity index (χ1n) is 14.7. The van der Waals surface area contributed by atoms with Crippen LogP contribution in [-0.2, 0) is 0 Å². The first-order valence-corrected chi connectivity index (χ1v) is 14.7. The molecule has 0 radical (unpaired) electrons. The lowest BCUT2D eigenvalue weighted by atomic mass is 9.33. The molecule has 2 heterocycles. The van der Waals surface area contributed by atoms with Crippen LogP contribution < -0.4 is 26.2 Å². The van der Waals surface area contributed by atoms with Gasteiger partial charge in [0.15, 0.2) is 0 Å². The molecule has 0 bridgehead atoms. The van der Waals surface area contributed by atoms with E-state index in [1.54, 1.807) is 0 Å². The van der Waals surface area contributed by atoms with Crippen molar-refractivity contribution < 1.29 is 0 Å². The number of hydrogen-bond acceptors (Lipinski definition) is 2. The summed E-state index contributed by atoms with van der Waals surface area (Å²) in [6, 6.07) is 53.5. The molecule has 0 saturated heterocycles. The van der Waals surface area contributed by atoms with E-state index in [0.29, 0.717) is 0 Å². The highest BCUT2D eigenvalue weighted by Crippen LogP contribution is 2.47. The van der Waals surface area contributed by atoms with Gasteiger partial charge in [-0.1, -0.05) is 109 Å². The lowest BCUT2D eigenvalue weighted by molar-refractivity contribution is 1.25. The van der Waals surface area contributed by atoms with Gasteiger partial charge in [-0.05, 0) is 76.0 Å². The van der Waals surface area contributed by atoms with Gasteiger partial charge in [0.2, 0.25) is 0 Å². The summed E-state index contributed by atoms with van der Waals surface area (Å²) in [6.07, 6.45) is 0. The van der Waals surface area contributed by atoms with E-state index in [-0.39, 0.29) is 6.71 Å². The zero-order valence-electron chi connectivity index (χ0n) is 23.3. The monoisotopic (exact) mass is 534 g/mol. The summed E-state index contributed by atoms with van der Waals surface area (Å²) in [7, 11) is 0. The van der Waals surface area contributed by atoms with Crippen molar-refractivity contribution in [2.45, 2.75) is 6.92 Å². The van der Waals surface area contributed by atoms with Gasteiger partial charge >= 0.3 is 0 Å². The van der Waals surface area contributed by atoms with Gasteiger partial charge in [-0.15, -0.1) is 0 Å². The van der Waals surface area contributed by atoms with Crippen molar-refractivity contribution in [3.63, 3.8) is 0 Å². The van der Waals surface area contributed by atoms with E-state index in [9.17, 15) is 0 Å². The molecule has 2 nitrogen and oxygen atoms in total. The highest BCUT2D eigenvalue weighted by atomic mass is 15.2. The molecule has 42 heavy (non-hydrogen) atoms. The fourth-order valence-electron chi connectivity index (χ4n) is 7.34. The Hall–Kier alpha value is -5.28. The number of aryl methyl sites for hydroxylation is 1. The zero-order valence-corrected chi connectivity index (χ0v) is 23.3. The van der Waals surface area contributed by atoms with Gasteiger partial charge in [0.25, 0.3) is 6.71 Å². The minimum Gasteiger partial charge on any atom is -0.311 e. The van der Waals surface area contributed by atoms with Crippen molar-refractivity contribution in [3.8, 4) is 0 Å². The molecule has 0 saturated carbocycles. The van der Waals surface area contributed by atoms with Crippen LogP contribution in [0.25, 0.3) is 21.5 Å². The second kappa shape index (κ2) is 8.86. The summed E-state index contributed by atoms with van der Waals surface area (Å²) < 4.78 is 0. The Bertz CT molecular complexity index is 2020. The van der Waals surface area contributed by atoms with Crippen LogP contribution in [0.1, 0.15) is 5.56 Å². The Morgan fingerprint density at radius 1 is 0.452 bits per heavy atom. The number of rotatable bonds is 2. The molecule has 7 aromatic rings. The van der Waals surface area contributed by atoms with Gasteiger partial charge in [-0.2, -0.15) is 0 Å². The summed E-state index contributed by atoms with van der Waals surface area (Å²) in [5.74, 6) is 0. The quantitative estimate of drug-likeness (QED) is 0.206. The van der Waals surface area contributed by atoms with Crippen molar-refractivity contribution in [2.24, 2.45) is 0 Å². The van der Waals surface area contributed by atoms with Crippen LogP contribution in [0.5, 0.6) is 0 Å². The van der Waals surface area contributed by atoms with E-state index >= 15 is 0 Å². The molecule has 3 heteroatoms. The van der Waals surface area contributed by atoms with E-state index < -0.39 is 0 Å². The lowest BCUT2D eigenvalue weighted by Crippen LogP contribution is -2.61. The third kappa shape index (κ3) is 3.22. The van der Waals surface area contributed by atoms with Crippen LogP contribution in [0.4, 0.5) is 34.1 Å². The van der Waals surface area contributed by atoms with Gasteiger partial charge in [-0.25, -0.2) is 0 Å². The number of para-hydroxylation sites is 2. The van der Waals surface area contributed by atoms with Crippen LogP contribution in [0.2, 0.25) is 0 Å². The maximum Gasteiger partial charge on any atom is 0.252 e. The van der Waals surface area contributed by atoms with Gasteiger partial charge < -0.3 is 9.80 Å². The molecule has 2 aliphatic heterocycles. The topological polar surface area (TPSA) is 6.48 Å². The van der Waals surface area contributed by atoms with Gasteiger partial charge in [-0.3, -0.25) is 0 Å². The Morgan fingerprint density at radius 3 is 1.36 bits per heavy atom. The van der Waals surface area contributed by atoms with E-state index in [4.69, 9.17) is 0 Å². The molecular formula is C39H27BN2. The first kappa shape index (κ1) is 23.4. The Labute approximate surface area is 246 Å². The second-order valence-corrected chi connectivity index (χ2v) is 11.4. The first-order chi connectivity index (χ1) is 20.8. The number of nitrogens with zero attached hydrogens (tertiary/aromatic N) is 2. The van der Waals surface area contributed by atoms with E-state index in [0.717, 1.165) is 0 Å². The molecule has 7 aromatic carbocycles. The number of fused-ring (bicyclic) bond motifs is 8. The molecule has 0 spiro atoms. The normalized spacial score (nSPS) is 13.2. The molecule has 0 unspecified atom stereocenters. The van der Waals surface area contributed by atoms with E-state index in [2.05, 4.69) is 162 Å². The lowest BCUT2D eigenvalue weighted by Gasteiger charge is -2.45. The highest BCUT2D eigenvalue weighted by molar-refractivity contribution is 7.00. The van der Waals surface area contributed by atoms with Crippen molar-refractivity contribution in [2.75, 3.05) is 9.80 Å². The average molecular weight is 534 g/mol. The summed E-state index contributed by atoms with van der Waals surface area (Å²) in [4.78, 5) is 5.02. The molecule has 0 aromatic heterocycles. The zero-order chi connectivity index (χ0) is 27.8. The maximum atomic E-state index is 2.51. The van der Waals surface area contributed by atoms with Crippen molar-refractivity contribution in [1.29, 1.82) is 0 Å². The Balaban J connectivity index is 1.47. The third-order valence-electron chi connectivity index (χ3n) is 9.01. The molecule has 2 aliphatic rings. The second-order valence-electron chi connectivity index (χ2n) is 11.4. The molecule has 9 rings (SSSR count). The van der Waals surface area contributed by atoms with Gasteiger partial charge in [0.05, 0.1) is 0 Å². The summed E-state index contributed by atoms with van der Waals surface area (Å²) in [5.41, 5.74) is 12.7. The number of hydrogen-bond donors (Lipinski definition) is 0. The average Bonchev–Trinajstić information content (AvgIpc) is 3.05. The van der Waals surface area contributed by atoms with Crippen LogP contribution in [0.3, 0.4) is 0 Å². The van der Waals surface area contributed by atoms with Gasteiger partial charge in [0.1, 0.15) is 0 Å². The van der Waals surface area contributed by atoms with Crippen molar-refractivity contribution in [1.82, 2.24) is 0 Å². The maximum absolute atomic E-state index is 2.51.